The maximum atomic E-state index is 13.1. The minimum atomic E-state index is 0.0236. The number of ether oxygens (including phenoxy) is 1. The number of hydrogen-bond acceptors (Lipinski definition) is 5. The summed E-state index contributed by atoms with van der Waals surface area (Å²) in [4.78, 5) is 28.0. The molecule has 142 valence electrons. The molecule has 2 aromatic heterocycles. The third-order valence-electron chi connectivity index (χ3n) is 4.84. The van der Waals surface area contributed by atoms with Gasteiger partial charge in [0.15, 0.2) is 0 Å². The van der Waals surface area contributed by atoms with Gasteiger partial charge < -0.3 is 9.64 Å². The number of pyridine rings is 1. The number of carbonyl (C=O) groups is 1. The summed E-state index contributed by atoms with van der Waals surface area (Å²) in [6.45, 7) is 1.22. The lowest BCUT2D eigenvalue weighted by molar-refractivity contribution is 0.0727. The van der Waals surface area contributed by atoms with Crippen molar-refractivity contribution in [1.82, 2.24) is 19.9 Å². The predicted molar refractivity (Wildman–Crippen MR) is 109 cm³/mol. The molecule has 0 radical (unpaired) electrons. The van der Waals surface area contributed by atoms with Crippen molar-refractivity contribution in [2.24, 2.45) is 0 Å². The summed E-state index contributed by atoms with van der Waals surface area (Å²) >= 11 is 3.42. The number of benzene rings is 1. The number of methoxy groups -OCH3 is 1. The molecule has 0 saturated heterocycles. The quantitative estimate of drug-likeness (QED) is 0.568. The highest BCUT2D eigenvalue weighted by Crippen LogP contribution is 2.28. The van der Waals surface area contributed by atoms with E-state index >= 15 is 0 Å². The third kappa shape index (κ3) is 3.62. The van der Waals surface area contributed by atoms with Gasteiger partial charge in [-0.3, -0.25) is 9.78 Å². The number of rotatable bonds is 5. The SMILES string of the molecule is COc1ccc(CN2CCc3c(ccnc3-c3cc(CBr)ncn3)C2=O)cc1. The molecule has 3 aromatic rings. The second-order valence-corrected chi connectivity index (χ2v) is 7.10. The van der Waals surface area contributed by atoms with E-state index in [1.165, 1.54) is 6.33 Å². The average Bonchev–Trinajstić information content (AvgIpc) is 2.76. The van der Waals surface area contributed by atoms with Crippen molar-refractivity contribution in [3.63, 3.8) is 0 Å². The van der Waals surface area contributed by atoms with Crippen LogP contribution in [0.1, 0.15) is 27.2 Å². The first-order chi connectivity index (χ1) is 13.7. The van der Waals surface area contributed by atoms with Gasteiger partial charge in [-0.1, -0.05) is 28.1 Å². The zero-order valence-electron chi connectivity index (χ0n) is 15.4. The lowest BCUT2D eigenvalue weighted by Crippen LogP contribution is -2.37. The number of fused-ring (bicyclic) bond motifs is 1. The Kier molecular flexibility index (Phi) is 5.34. The minimum Gasteiger partial charge on any atom is -0.497 e. The third-order valence-corrected chi connectivity index (χ3v) is 5.42. The number of aromatic nitrogens is 3. The lowest BCUT2D eigenvalue weighted by atomic mass is 9.96. The van der Waals surface area contributed by atoms with E-state index in [0.29, 0.717) is 24.0 Å². The minimum absolute atomic E-state index is 0.0236. The summed E-state index contributed by atoms with van der Waals surface area (Å²) in [5.74, 6) is 0.831. The molecule has 0 spiro atoms. The summed E-state index contributed by atoms with van der Waals surface area (Å²) < 4.78 is 5.20. The summed E-state index contributed by atoms with van der Waals surface area (Å²) in [6, 6.07) is 11.5. The molecular weight excluding hydrogens is 420 g/mol. The molecule has 1 aliphatic rings. The molecule has 4 rings (SSSR count). The van der Waals surface area contributed by atoms with Crippen molar-refractivity contribution in [3.8, 4) is 17.1 Å². The van der Waals surface area contributed by atoms with Gasteiger partial charge in [0.05, 0.1) is 24.2 Å². The number of hydrogen-bond donors (Lipinski definition) is 0. The molecular formula is C21H19BrN4O2. The van der Waals surface area contributed by atoms with Crippen LogP contribution in [0.15, 0.2) is 48.9 Å². The van der Waals surface area contributed by atoms with Gasteiger partial charge in [0.25, 0.3) is 5.91 Å². The Balaban J connectivity index is 1.61. The zero-order chi connectivity index (χ0) is 19.5. The van der Waals surface area contributed by atoms with E-state index in [1.54, 1.807) is 19.4 Å². The van der Waals surface area contributed by atoms with Crippen LogP contribution in [0, 0.1) is 0 Å². The fraction of sp³-hybridized carbons (Fsp3) is 0.238. The molecule has 1 amide bonds. The first-order valence-corrected chi connectivity index (χ1v) is 10.1. The van der Waals surface area contributed by atoms with Crippen LogP contribution < -0.4 is 4.74 Å². The van der Waals surface area contributed by atoms with Crippen LogP contribution in [-0.4, -0.2) is 39.4 Å². The van der Waals surface area contributed by atoms with E-state index in [2.05, 4.69) is 30.9 Å². The molecule has 28 heavy (non-hydrogen) atoms. The number of amides is 1. The summed E-state index contributed by atoms with van der Waals surface area (Å²) in [5, 5.41) is 0.645. The van der Waals surface area contributed by atoms with Crippen molar-refractivity contribution in [2.45, 2.75) is 18.3 Å². The Morgan fingerprint density at radius 1 is 1.14 bits per heavy atom. The van der Waals surface area contributed by atoms with E-state index in [4.69, 9.17) is 4.74 Å². The van der Waals surface area contributed by atoms with Gasteiger partial charge in [-0.15, -0.1) is 0 Å². The number of nitrogens with zero attached hydrogens (tertiary/aromatic N) is 4. The monoisotopic (exact) mass is 438 g/mol. The average molecular weight is 439 g/mol. The molecule has 3 heterocycles. The van der Waals surface area contributed by atoms with E-state index in [1.807, 2.05) is 35.2 Å². The molecule has 7 heteroatoms. The van der Waals surface area contributed by atoms with Crippen LogP contribution in [0.3, 0.4) is 0 Å². The second-order valence-electron chi connectivity index (χ2n) is 6.54. The standard InChI is InChI=1S/C21H19BrN4O2/c1-28-16-4-2-14(3-5-16)12-26-9-7-17-18(21(26)27)6-8-23-20(17)19-10-15(11-22)24-13-25-19/h2-6,8,10,13H,7,9,11-12H2,1H3. The smallest absolute Gasteiger partial charge is 0.254 e. The molecule has 6 nitrogen and oxygen atoms in total. The van der Waals surface area contributed by atoms with Gasteiger partial charge in [0.1, 0.15) is 12.1 Å². The number of alkyl halides is 1. The van der Waals surface area contributed by atoms with Gasteiger partial charge >= 0.3 is 0 Å². The Morgan fingerprint density at radius 3 is 2.71 bits per heavy atom. The van der Waals surface area contributed by atoms with Crippen LogP contribution in [0.25, 0.3) is 11.4 Å². The van der Waals surface area contributed by atoms with Crippen molar-refractivity contribution in [3.05, 3.63) is 71.3 Å². The van der Waals surface area contributed by atoms with Gasteiger partial charge in [0.2, 0.25) is 0 Å². The van der Waals surface area contributed by atoms with Crippen LogP contribution in [0.4, 0.5) is 0 Å². The molecule has 0 atom stereocenters. The van der Waals surface area contributed by atoms with E-state index < -0.39 is 0 Å². The molecule has 0 bridgehead atoms. The van der Waals surface area contributed by atoms with E-state index in [9.17, 15) is 4.79 Å². The molecule has 0 saturated carbocycles. The van der Waals surface area contributed by atoms with Crippen LogP contribution in [0.5, 0.6) is 5.75 Å². The zero-order valence-corrected chi connectivity index (χ0v) is 17.0. The molecule has 0 aliphatic carbocycles. The highest BCUT2D eigenvalue weighted by Gasteiger charge is 2.27. The molecule has 0 unspecified atom stereocenters. The Labute approximate surface area is 171 Å². The molecule has 1 aromatic carbocycles. The highest BCUT2D eigenvalue weighted by molar-refractivity contribution is 9.08. The lowest BCUT2D eigenvalue weighted by Gasteiger charge is -2.29. The normalized spacial score (nSPS) is 13.4. The first kappa shape index (κ1) is 18.6. The summed E-state index contributed by atoms with van der Waals surface area (Å²) in [7, 11) is 1.64. The van der Waals surface area contributed by atoms with Crippen LogP contribution in [-0.2, 0) is 18.3 Å². The molecule has 1 aliphatic heterocycles. The van der Waals surface area contributed by atoms with Crippen molar-refractivity contribution in [2.75, 3.05) is 13.7 Å². The highest BCUT2D eigenvalue weighted by atomic mass is 79.9. The van der Waals surface area contributed by atoms with Crippen molar-refractivity contribution < 1.29 is 9.53 Å². The first-order valence-electron chi connectivity index (χ1n) is 8.97. The molecule has 0 fully saturated rings. The Bertz CT molecular complexity index is 1010. The van der Waals surface area contributed by atoms with Crippen molar-refractivity contribution in [1.29, 1.82) is 0 Å². The summed E-state index contributed by atoms with van der Waals surface area (Å²) in [5.41, 5.74) is 5.12. The van der Waals surface area contributed by atoms with E-state index in [-0.39, 0.29) is 5.91 Å². The van der Waals surface area contributed by atoms with E-state index in [0.717, 1.165) is 40.4 Å². The maximum Gasteiger partial charge on any atom is 0.254 e. The van der Waals surface area contributed by atoms with Crippen LogP contribution >= 0.6 is 15.9 Å². The molecule has 0 N–H and O–H groups in total. The largest absolute Gasteiger partial charge is 0.497 e. The fourth-order valence-electron chi connectivity index (χ4n) is 3.39. The fourth-order valence-corrected chi connectivity index (χ4v) is 3.69. The number of carbonyl (C=O) groups excluding carboxylic acids is 1. The second kappa shape index (κ2) is 8.06. The summed E-state index contributed by atoms with van der Waals surface area (Å²) in [6.07, 6.45) is 3.96. The number of halogens is 1. The maximum absolute atomic E-state index is 13.1. The van der Waals surface area contributed by atoms with Gasteiger partial charge in [-0.05, 0) is 41.8 Å². The van der Waals surface area contributed by atoms with Gasteiger partial charge in [0, 0.05) is 30.2 Å². The van der Waals surface area contributed by atoms with Gasteiger partial charge in [-0.25, -0.2) is 9.97 Å². The van der Waals surface area contributed by atoms with Crippen molar-refractivity contribution >= 4 is 21.8 Å². The Hall–Kier alpha value is -2.80. The topological polar surface area (TPSA) is 68.2 Å². The van der Waals surface area contributed by atoms with Crippen LogP contribution in [0.2, 0.25) is 0 Å². The Morgan fingerprint density at radius 2 is 1.96 bits per heavy atom. The van der Waals surface area contributed by atoms with Gasteiger partial charge in [-0.2, -0.15) is 0 Å². The predicted octanol–water partition coefficient (Wildman–Crippen LogP) is 3.64.